The average Bonchev–Trinajstić information content (AvgIpc) is 3.32. The predicted octanol–water partition coefficient (Wildman–Crippen LogP) is 4.15. The van der Waals surface area contributed by atoms with E-state index >= 15 is 0 Å². The molecule has 3 N–H and O–H groups in total. The zero-order valence-corrected chi connectivity index (χ0v) is 21.2. The summed E-state index contributed by atoms with van der Waals surface area (Å²) in [6.45, 7) is 7.06. The van der Waals surface area contributed by atoms with Crippen LogP contribution in [0.5, 0.6) is 11.5 Å². The Balaban J connectivity index is 1.51. The van der Waals surface area contributed by atoms with Crippen LogP contribution >= 0.6 is 0 Å². The van der Waals surface area contributed by atoms with Gasteiger partial charge in [-0.05, 0) is 72.5 Å². The maximum atomic E-state index is 11.6. The van der Waals surface area contributed by atoms with Gasteiger partial charge in [-0.15, -0.1) is 0 Å². The standard InChI is InChI=1S/C29H32N4O4/c1-4-20-17-21(19-37-25-8-6-7-23(18-25)31-27(34)5-2)26-13-14-30-29(26)33-28(20)32-22-9-11-24(12-10-22)36-16-15-35-3/h5-14,18,32H,2,4,15-17,19H2,1,3H3,(H,30,33)(H,31,34). The van der Waals surface area contributed by atoms with Gasteiger partial charge in [0.05, 0.1) is 6.61 Å². The topological polar surface area (TPSA) is 97.0 Å². The Morgan fingerprint density at radius 2 is 1.89 bits per heavy atom. The molecule has 0 spiro atoms. The number of fused-ring (bicyclic) bond motifs is 1. The fraction of sp³-hybridized carbons (Fsp3) is 0.241. The second-order valence-corrected chi connectivity index (χ2v) is 8.44. The molecule has 1 aromatic heterocycles. The number of anilines is 2. The van der Waals surface area contributed by atoms with Crippen molar-refractivity contribution >= 4 is 22.9 Å². The molecule has 1 aliphatic heterocycles. The van der Waals surface area contributed by atoms with Gasteiger partial charge in [-0.3, -0.25) is 4.79 Å². The monoisotopic (exact) mass is 500 g/mol. The van der Waals surface area contributed by atoms with Crippen LogP contribution in [0.15, 0.2) is 89.8 Å². The summed E-state index contributed by atoms with van der Waals surface area (Å²) in [5, 5.41) is 7.27. The van der Waals surface area contributed by atoms with Crippen LogP contribution in [0, 0.1) is 0 Å². The molecule has 3 aromatic rings. The first-order valence-corrected chi connectivity index (χ1v) is 12.2. The number of carbonyl (C=O) groups excluding carboxylic acids is 1. The summed E-state index contributed by atoms with van der Waals surface area (Å²) in [6, 6.07) is 17.2. The molecule has 0 unspecified atom stereocenters. The van der Waals surface area contributed by atoms with E-state index in [1.54, 1.807) is 13.2 Å². The fourth-order valence-corrected chi connectivity index (χ4v) is 3.94. The molecule has 37 heavy (non-hydrogen) atoms. The molecule has 0 saturated heterocycles. The molecular weight excluding hydrogens is 468 g/mol. The number of aromatic nitrogens is 1. The molecule has 2 aromatic carbocycles. The largest absolute Gasteiger partial charge is 0.491 e. The molecule has 0 bridgehead atoms. The molecule has 1 aliphatic rings. The Bertz CT molecular complexity index is 1390. The van der Waals surface area contributed by atoms with Gasteiger partial charge in [0, 0.05) is 36.0 Å². The number of rotatable bonds is 12. The third-order valence-corrected chi connectivity index (χ3v) is 5.89. The number of hydrogen-bond acceptors (Lipinski definition) is 6. The highest BCUT2D eigenvalue weighted by atomic mass is 16.5. The summed E-state index contributed by atoms with van der Waals surface area (Å²) in [4.78, 5) is 19.8. The number of ether oxygens (including phenoxy) is 3. The Morgan fingerprint density at radius 1 is 1.05 bits per heavy atom. The van der Waals surface area contributed by atoms with Crippen molar-refractivity contribution in [1.29, 1.82) is 0 Å². The minimum absolute atomic E-state index is 0.264. The van der Waals surface area contributed by atoms with Gasteiger partial charge in [-0.1, -0.05) is 19.6 Å². The molecule has 0 atom stereocenters. The van der Waals surface area contributed by atoms with Crippen molar-refractivity contribution in [2.45, 2.75) is 19.8 Å². The number of H-pyrrole nitrogens is 1. The van der Waals surface area contributed by atoms with Gasteiger partial charge < -0.3 is 29.8 Å². The maximum Gasteiger partial charge on any atom is 0.247 e. The van der Waals surface area contributed by atoms with Gasteiger partial charge in [0.1, 0.15) is 36.0 Å². The first-order valence-electron chi connectivity index (χ1n) is 12.2. The molecule has 0 radical (unpaired) electrons. The van der Waals surface area contributed by atoms with Crippen molar-refractivity contribution in [2.75, 3.05) is 37.6 Å². The Labute approximate surface area is 216 Å². The molecule has 4 rings (SSSR count). The van der Waals surface area contributed by atoms with Crippen molar-refractivity contribution < 1.29 is 19.0 Å². The van der Waals surface area contributed by atoms with Gasteiger partial charge in [-0.25, -0.2) is 4.99 Å². The van der Waals surface area contributed by atoms with Gasteiger partial charge in [-0.2, -0.15) is 0 Å². The van der Waals surface area contributed by atoms with Gasteiger partial charge in [0.25, 0.3) is 0 Å². The van der Waals surface area contributed by atoms with E-state index in [0.29, 0.717) is 31.3 Å². The quantitative estimate of drug-likeness (QED) is 0.256. The molecule has 0 fully saturated rings. The SMILES string of the molecule is C=CC(=O)Nc1cccc(OCC2=c3cc[nH]c3=NC(Nc3ccc(OCCOC)cc3)=C(CC)C2)c1. The number of amides is 1. The smallest absolute Gasteiger partial charge is 0.247 e. The molecular formula is C29H32N4O4. The number of methoxy groups -OCH3 is 1. The van der Waals surface area contributed by atoms with Crippen LogP contribution in [0.4, 0.5) is 11.4 Å². The van der Waals surface area contributed by atoms with E-state index in [1.807, 2.05) is 54.7 Å². The zero-order valence-electron chi connectivity index (χ0n) is 21.2. The van der Waals surface area contributed by atoms with Crippen LogP contribution in [0.2, 0.25) is 0 Å². The van der Waals surface area contributed by atoms with E-state index in [1.165, 1.54) is 11.6 Å². The molecule has 2 heterocycles. The summed E-state index contributed by atoms with van der Waals surface area (Å²) in [6.07, 6.45) is 4.68. The van der Waals surface area contributed by atoms with E-state index in [-0.39, 0.29) is 5.91 Å². The molecule has 0 saturated carbocycles. The van der Waals surface area contributed by atoms with Crippen molar-refractivity contribution in [3.8, 4) is 11.5 Å². The Morgan fingerprint density at radius 3 is 2.65 bits per heavy atom. The lowest BCUT2D eigenvalue weighted by Crippen LogP contribution is -2.26. The predicted molar refractivity (Wildman–Crippen MR) is 145 cm³/mol. The normalized spacial score (nSPS) is 12.8. The molecule has 192 valence electrons. The third-order valence-electron chi connectivity index (χ3n) is 5.89. The Hall–Kier alpha value is -4.30. The van der Waals surface area contributed by atoms with Crippen molar-refractivity contribution in [2.24, 2.45) is 4.99 Å². The van der Waals surface area contributed by atoms with Crippen LogP contribution in [0.25, 0.3) is 5.57 Å². The van der Waals surface area contributed by atoms with E-state index in [9.17, 15) is 4.79 Å². The van der Waals surface area contributed by atoms with Crippen molar-refractivity contribution in [3.63, 3.8) is 0 Å². The highest BCUT2D eigenvalue weighted by molar-refractivity contribution is 5.98. The number of allylic oxidation sites excluding steroid dienone is 1. The van der Waals surface area contributed by atoms with Crippen molar-refractivity contribution in [3.05, 3.63) is 95.5 Å². The number of hydrogen-bond donors (Lipinski definition) is 3. The number of nitrogens with zero attached hydrogens (tertiary/aromatic N) is 1. The van der Waals surface area contributed by atoms with Crippen LogP contribution in [0.1, 0.15) is 19.8 Å². The number of nitrogens with one attached hydrogen (secondary N) is 3. The van der Waals surface area contributed by atoms with Gasteiger partial charge in [0.2, 0.25) is 5.91 Å². The minimum Gasteiger partial charge on any atom is -0.491 e. The van der Waals surface area contributed by atoms with Crippen LogP contribution in [-0.2, 0) is 9.53 Å². The van der Waals surface area contributed by atoms with E-state index in [4.69, 9.17) is 19.2 Å². The lowest BCUT2D eigenvalue weighted by molar-refractivity contribution is -0.111. The number of aromatic amines is 1. The van der Waals surface area contributed by atoms with E-state index in [0.717, 1.165) is 46.4 Å². The fourth-order valence-electron chi connectivity index (χ4n) is 3.94. The van der Waals surface area contributed by atoms with Crippen molar-refractivity contribution in [1.82, 2.24) is 4.98 Å². The average molecular weight is 501 g/mol. The molecule has 1 amide bonds. The summed E-state index contributed by atoms with van der Waals surface area (Å²) in [5.41, 5.74) is 4.67. The Kier molecular flexibility index (Phi) is 8.78. The zero-order chi connectivity index (χ0) is 26.0. The second-order valence-electron chi connectivity index (χ2n) is 8.44. The first kappa shape index (κ1) is 25.8. The minimum atomic E-state index is -0.264. The third kappa shape index (κ3) is 6.89. The summed E-state index contributed by atoms with van der Waals surface area (Å²) in [7, 11) is 1.65. The number of benzene rings is 2. The number of carbonyl (C=O) groups is 1. The molecule has 0 aliphatic carbocycles. The van der Waals surface area contributed by atoms with E-state index < -0.39 is 0 Å². The van der Waals surface area contributed by atoms with Gasteiger partial charge in [0.15, 0.2) is 0 Å². The second kappa shape index (κ2) is 12.6. The molecule has 8 heteroatoms. The summed E-state index contributed by atoms with van der Waals surface area (Å²) >= 11 is 0. The molecule has 8 nitrogen and oxygen atoms in total. The van der Waals surface area contributed by atoms with Crippen LogP contribution in [0.3, 0.4) is 0 Å². The first-order chi connectivity index (χ1) is 18.1. The van der Waals surface area contributed by atoms with E-state index in [2.05, 4.69) is 29.1 Å². The highest BCUT2D eigenvalue weighted by Crippen LogP contribution is 2.25. The van der Waals surface area contributed by atoms with Crippen LogP contribution in [-0.4, -0.2) is 37.8 Å². The van der Waals surface area contributed by atoms with Gasteiger partial charge >= 0.3 is 0 Å². The highest BCUT2D eigenvalue weighted by Gasteiger charge is 2.15. The van der Waals surface area contributed by atoms with Crippen LogP contribution < -0.4 is 30.8 Å². The lowest BCUT2D eigenvalue weighted by atomic mass is 10.0. The lowest BCUT2D eigenvalue weighted by Gasteiger charge is -2.15. The summed E-state index contributed by atoms with van der Waals surface area (Å²) < 4.78 is 16.8. The maximum absolute atomic E-state index is 11.6. The summed E-state index contributed by atoms with van der Waals surface area (Å²) in [5.74, 6) is 2.02.